The highest BCUT2D eigenvalue weighted by atomic mass is 15.1. The number of anilines is 1. The van der Waals surface area contributed by atoms with E-state index in [0.717, 1.165) is 25.2 Å². The largest absolute Gasteiger partial charge is 0.366 e. The van der Waals surface area contributed by atoms with Crippen molar-refractivity contribution in [3.05, 3.63) is 59.9 Å². The Kier molecular flexibility index (Phi) is 5.13. The number of hydrogen-bond acceptors (Lipinski definition) is 3. The Bertz CT molecular complexity index is 525. The molecule has 1 aromatic heterocycles. The van der Waals surface area contributed by atoms with Crippen molar-refractivity contribution in [2.24, 2.45) is 5.73 Å². The lowest BCUT2D eigenvalue weighted by Crippen LogP contribution is -2.25. The Balaban J connectivity index is 2.28. The molecule has 0 saturated carbocycles. The first-order valence-corrected chi connectivity index (χ1v) is 7.25. The minimum absolute atomic E-state index is 0.0870. The summed E-state index contributed by atoms with van der Waals surface area (Å²) in [5.74, 6) is 0. The topological polar surface area (TPSA) is 42.1 Å². The number of aromatic nitrogens is 1. The van der Waals surface area contributed by atoms with E-state index in [1.165, 1.54) is 11.3 Å². The summed E-state index contributed by atoms with van der Waals surface area (Å²) in [6, 6.07) is 14.5. The van der Waals surface area contributed by atoms with E-state index in [0.29, 0.717) is 0 Å². The van der Waals surface area contributed by atoms with E-state index in [-0.39, 0.29) is 6.04 Å². The van der Waals surface area contributed by atoms with Crippen molar-refractivity contribution in [2.45, 2.75) is 32.9 Å². The van der Waals surface area contributed by atoms with Gasteiger partial charge in [-0.3, -0.25) is 4.98 Å². The van der Waals surface area contributed by atoms with Gasteiger partial charge in [-0.05, 0) is 37.1 Å². The number of nitrogens with two attached hydrogens (primary N) is 1. The highest BCUT2D eigenvalue weighted by Gasteiger charge is 2.14. The van der Waals surface area contributed by atoms with Crippen molar-refractivity contribution in [1.29, 1.82) is 0 Å². The van der Waals surface area contributed by atoms with E-state index in [9.17, 15) is 0 Å². The zero-order valence-electron chi connectivity index (χ0n) is 12.3. The molecule has 2 N–H and O–H groups in total. The molecule has 1 aromatic carbocycles. The second-order valence-electron chi connectivity index (χ2n) is 4.91. The van der Waals surface area contributed by atoms with Gasteiger partial charge in [-0.25, -0.2) is 0 Å². The Labute approximate surface area is 121 Å². The first-order valence-electron chi connectivity index (χ1n) is 7.25. The molecule has 20 heavy (non-hydrogen) atoms. The normalized spacial score (nSPS) is 12.2. The third-order valence-corrected chi connectivity index (χ3v) is 3.58. The lowest BCUT2D eigenvalue weighted by atomic mass is 10.0. The summed E-state index contributed by atoms with van der Waals surface area (Å²) in [4.78, 5) is 6.74. The molecule has 0 amide bonds. The molecular formula is C17H23N3. The van der Waals surface area contributed by atoms with Crippen LogP contribution in [0.3, 0.4) is 0 Å². The van der Waals surface area contributed by atoms with Gasteiger partial charge < -0.3 is 10.6 Å². The van der Waals surface area contributed by atoms with E-state index in [1.54, 1.807) is 0 Å². The lowest BCUT2D eigenvalue weighted by Gasteiger charge is -2.27. The summed E-state index contributed by atoms with van der Waals surface area (Å²) in [6.45, 7) is 6.03. The van der Waals surface area contributed by atoms with Crippen molar-refractivity contribution >= 4 is 5.69 Å². The average Bonchev–Trinajstić information content (AvgIpc) is 2.53. The zero-order chi connectivity index (χ0) is 14.4. The van der Waals surface area contributed by atoms with Gasteiger partial charge in [-0.1, -0.05) is 31.2 Å². The molecule has 2 aromatic rings. The van der Waals surface area contributed by atoms with E-state index in [1.807, 2.05) is 18.3 Å². The average molecular weight is 269 g/mol. The summed E-state index contributed by atoms with van der Waals surface area (Å²) in [6.07, 6.45) is 2.78. The molecular weight excluding hydrogens is 246 g/mol. The fraction of sp³-hybridized carbons (Fsp3) is 0.353. The number of benzene rings is 1. The van der Waals surface area contributed by atoms with Gasteiger partial charge in [0.05, 0.1) is 12.2 Å². The fourth-order valence-electron chi connectivity index (χ4n) is 2.36. The first-order chi connectivity index (χ1) is 9.76. The van der Waals surface area contributed by atoms with Crippen molar-refractivity contribution in [1.82, 2.24) is 4.98 Å². The number of hydrogen-bond donors (Lipinski definition) is 1. The van der Waals surface area contributed by atoms with Crippen molar-refractivity contribution in [2.75, 3.05) is 11.4 Å². The van der Waals surface area contributed by atoms with Gasteiger partial charge in [0.15, 0.2) is 0 Å². The third-order valence-electron chi connectivity index (χ3n) is 3.58. The predicted molar refractivity (Wildman–Crippen MR) is 84.6 cm³/mol. The Morgan fingerprint density at radius 2 is 1.85 bits per heavy atom. The summed E-state index contributed by atoms with van der Waals surface area (Å²) in [5.41, 5.74) is 9.75. The Morgan fingerprint density at radius 1 is 1.10 bits per heavy atom. The Morgan fingerprint density at radius 3 is 2.50 bits per heavy atom. The van der Waals surface area contributed by atoms with Crippen molar-refractivity contribution in [3.8, 4) is 0 Å². The minimum Gasteiger partial charge on any atom is -0.366 e. The summed E-state index contributed by atoms with van der Waals surface area (Å²) >= 11 is 0. The first kappa shape index (κ1) is 14.5. The monoisotopic (exact) mass is 269 g/mol. The molecule has 0 aliphatic heterocycles. The van der Waals surface area contributed by atoms with Gasteiger partial charge >= 0.3 is 0 Å². The van der Waals surface area contributed by atoms with Crippen LogP contribution in [0.1, 0.15) is 37.6 Å². The standard InChI is InChI=1S/C17H23N3/c1-3-16(18)15-10-5-6-11-17(15)20(4-2)13-14-9-7-8-12-19-14/h5-12,16H,3-4,13,18H2,1-2H3. The lowest BCUT2D eigenvalue weighted by molar-refractivity contribution is 0.688. The van der Waals surface area contributed by atoms with Crippen LogP contribution in [-0.4, -0.2) is 11.5 Å². The van der Waals surface area contributed by atoms with Gasteiger partial charge in [0.2, 0.25) is 0 Å². The van der Waals surface area contributed by atoms with E-state index < -0.39 is 0 Å². The van der Waals surface area contributed by atoms with Crippen LogP contribution in [0.4, 0.5) is 5.69 Å². The fourth-order valence-corrected chi connectivity index (χ4v) is 2.36. The molecule has 0 spiro atoms. The molecule has 0 fully saturated rings. The molecule has 1 unspecified atom stereocenters. The molecule has 0 aliphatic rings. The van der Waals surface area contributed by atoms with Crippen molar-refractivity contribution in [3.63, 3.8) is 0 Å². The molecule has 106 valence electrons. The maximum Gasteiger partial charge on any atom is 0.0602 e. The molecule has 0 aliphatic carbocycles. The summed E-state index contributed by atoms with van der Waals surface area (Å²) in [5, 5.41) is 0. The third kappa shape index (κ3) is 3.36. The molecule has 0 saturated heterocycles. The van der Waals surface area contributed by atoms with Crippen LogP contribution in [0.25, 0.3) is 0 Å². The summed E-state index contributed by atoms with van der Waals surface area (Å²) < 4.78 is 0. The van der Waals surface area contributed by atoms with Crippen molar-refractivity contribution < 1.29 is 0 Å². The minimum atomic E-state index is 0.0870. The second kappa shape index (κ2) is 7.06. The number of rotatable bonds is 6. The summed E-state index contributed by atoms with van der Waals surface area (Å²) in [7, 11) is 0. The van der Waals surface area contributed by atoms with Gasteiger partial charge in [-0.2, -0.15) is 0 Å². The molecule has 3 nitrogen and oxygen atoms in total. The molecule has 0 radical (unpaired) electrons. The number of para-hydroxylation sites is 1. The van der Waals surface area contributed by atoms with Crippen LogP contribution in [0.5, 0.6) is 0 Å². The Hall–Kier alpha value is -1.87. The molecule has 1 heterocycles. The van der Waals surface area contributed by atoms with Gasteiger partial charge in [0.1, 0.15) is 0 Å². The molecule has 3 heteroatoms. The predicted octanol–water partition coefficient (Wildman–Crippen LogP) is 3.52. The quantitative estimate of drug-likeness (QED) is 0.872. The van der Waals surface area contributed by atoms with E-state index >= 15 is 0 Å². The van der Waals surface area contributed by atoms with Crippen LogP contribution in [0.2, 0.25) is 0 Å². The van der Waals surface area contributed by atoms with E-state index in [4.69, 9.17) is 5.73 Å². The molecule has 0 bridgehead atoms. The van der Waals surface area contributed by atoms with Gasteiger partial charge in [0.25, 0.3) is 0 Å². The maximum atomic E-state index is 6.24. The number of nitrogens with zero attached hydrogens (tertiary/aromatic N) is 2. The highest BCUT2D eigenvalue weighted by molar-refractivity contribution is 5.55. The SMILES string of the molecule is CCC(N)c1ccccc1N(CC)Cc1ccccn1. The van der Waals surface area contributed by atoms with Crippen LogP contribution in [0.15, 0.2) is 48.7 Å². The maximum absolute atomic E-state index is 6.24. The van der Waals surface area contributed by atoms with Crippen LogP contribution in [0, 0.1) is 0 Å². The smallest absolute Gasteiger partial charge is 0.0602 e. The number of pyridine rings is 1. The second-order valence-corrected chi connectivity index (χ2v) is 4.91. The van der Waals surface area contributed by atoms with E-state index in [2.05, 4.69) is 54.1 Å². The van der Waals surface area contributed by atoms with Crippen LogP contribution < -0.4 is 10.6 Å². The highest BCUT2D eigenvalue weighted by Crippen LogP contribution is 2.27. The molecule has 1 atom stereocenters. The molecule has 2 rings (SSSR count). The zero-order valence-corrected chi connectivity index (χ0v) is 12.3. The van der Waals surface area contributed by atoms with Gasteiger partial charge in [-0.15, -0.1) is 0 Å². The van der Waals surface area contributed by atoms with Gasteiger partial charge in [0, 0.05) is 24.5 Å². The van der Waals surface area contributed by atoms with Crippen LogP contribution in [-0.2, 0) is 6.54 Å². The van der Waals surface area contributed by atoms with Crippen LogP contribution >= 0.6 is 0 Å².